The molecule has 0 atom stereocenters. The van der Waals surface area contributed by atoms with E-state index in [9.17, 15) is 9.18 Å². The zero-order valence-electron chi connectivity index (χ0n) is 11.0. The molecular weight excluding hydrogens is 273 g/mol. The van der Waals surface area contributed by atoms with E-state index < -0.39 is 11.7 Å². The number of primary amides is 1. The first kappa shape index (κ1) is 14.3. The minimum atomic E-state index is -0.762. The molecule has 0 spiro atoms. The van der Waals surface area contributed by atoms with Crippen LogP contribution in [0.2, 0.25) is 0 Å². The molecule has 0 heterocycles. The van der Waals surface area contributed by atoms with Gasteiger partial charge in [0.1, 0.15) is 5.75 Å². The topological polar surface area (TPSA) is 102 Å². The van der Waals surface area contributed by atoms with Crippen LogP contribution in [0, 0.1) is 17.1 Å². The fourth-order valence-electron chi connectivity index (χ4n) is 1.75. The van der Waals surface area contributed by atoms with E-state index in [4.69, 9.17) is 21.5 Å². The van der Waals surface area contributed by atoms with Crippen molar-refractivity contribution in [1.82, 2.24) is 0 Å². The lowest BCUT2D eigenvalue weighted by Crippen LogP contribution is -2.14. The molecule has 0 aromatic heterocycles. The number of carbonyl (C=O) groups is 1. The molecule has 0 saturated heterocycles. The monoisotopic (exact) mass is 285 g/mol. The van der Waals surface area contributed by atoms with Crippen LogP contribution in [0.15, 0.2) is 36.4 Å². The predicted octanol–water partition coefficient (Wildman–Crippen LogP) is 2.37. The number of nitrogen functional groups attached to an aromatic ring is 1. The van der Waals surface area contributed by atoms with Gasteiger partial charge in [-0.25, -0.2) is 4.39 Å². The van der Waals surface area contributed by atoms with Gasteiger partial charge in [-0.05, 0) is 23.8 Å². The summed E-state index contributed by atoms with van der Waals surface area (Å²) in [7, 11) is 0. The fraction of sp³-hybridized carbons (Fsp3) is 0.0667. The Hall–Kier alpha value is -3.07. The SMILES string of the molecule is N#CCc1ccc(Oc2cc(C(N)=O)c(N)cc2F)cc1. The van der Waals surface area contributed by atoms with Gasteiger partial charge < -0.3 is 16.2 Å². The van der Waals surface area contributed by atoms with Crippen LogP contribution in [0.4, 0.5) is 10.1 Å². The summed E-state index contributed by atoms with van der Waals surface area (Å²) >= 11 is 0. The third-order valence-electron chi connectivity index (χ3n) is 2.80. The maximum absolute atomic E-state index is 13.8. The second-order valence-corrected chi connectivity index (χ2v) is 4.32. The van der Waals surface area contributed by atoms with Gasteiger partial charge in [0.15, 0.2) is 11.6 Å². The highest BCUT2D eigenvalue weighted by molar-refractivity contribution is 5.98. The van der Waals surface area contributed by atoms with E-state index >= 15 is 0 Å². The molecule has 0 aliphatic rings. The molecule has 0 bridgehead atoms. The molecule has 2 aromatic rings. The second-order valence-electron chi connectivity index (χ2n) is 4.32. The van der Waals surface area contributed by atoms with Crippen LogP contribution in [-0.2, 0) is 6.42 Å². The largest absolute Gasteiger partial charge is 0.454 e. The molecule has 21 heavy (non-hydrogen) atoms. The highest BCUT2D eigenvalue weighted by Crippen LogP contribution is 2.28. The molecule has 5 nitrogen and oxygen atoms in total. The highest BCUT2D eigenvalue weighted by Gasteiger charge is 2.13. The van der Waals surface area contributed by atoms with E-state index in [1.165, 1.54) is 0 Å². The summed E-state index contributed by atoms with van der Waals surface area (Å²) in [6.07, 6.45) is 0.280. The lowest BCUT2D eigenvalue weighted by molar-refractivity contribution is 0.100. The first-order chi connectivity index (χ1) is 10.0. The molecule has 6 heteroatoms. The zero-order valence-corrected chi connectivity index (χ0v) is 11.0. The van der Waals surface area contributed by atoms with Crippen molar-refractivity contribution in [3.05, 3.63) is 53.3 Å². The Kier molecular flexibility index (Phi) is 4.05. The third-order valence-corrected chi connectivity index (χ3v) is 2.80. The number of hydrogen-bond acceptors (Lipinski definition) is 4. The van der Waals surface area contributed by atoms with Crippen molar-refractivity contribution in [3.63, 3.8) is 0 Å². The van der Waals surface area contributed by atoms with Gasteiger partial charge in [0.05, 0.1) is 18.1 Å². The van der Waals surface area contributed by atoms with Crippen LogP contribution in [-0.4, -0.2) is 5.91 Å². The molecule has 2 aromatic carbocycles. The van der Waals surface area contributed by atoms with E-state index in [1.54, 1.807) is 24.3 Å². The molecule has 0 fully saturated rings. The number of ether oxygens (including phenoxy) is 1. The van der Waals surface area contributed by atoms with Crippen LogP contribution >= 0.6 is 0 Å². The van der Waals surface area contributed by atoms with Gasteiger partial charge in [-0.2, -0.15) is 5.26 Å². The number of benzene rings is 2. The molecule has 0 unspecified atom stereocenters. The number of carbonyl (C=O) groups excluding carboxylic acids is 1. The number of nitrogens with zero attached hydrogens (tertiary/aromatic N) is 1. The Labute approximate surface area is 120 Å². The Morgan fingerprint density at radius 1 is 1.29 bits per heavy atom. The Morgan fingerprint density at radius 2 is 1.95 bits per heavy atom. The summed E-state index contributed by atoms with van der Waals surface area (Å²) in [4.78, 5) is 11.2. The van der Waals surface area contributed by atoms with Crippen molar-refractivity contribution in [2.24, 2.45) is 5.73 Å². The van der Waals surface area contributed by atoms with Gasteiger partial charge in [-0.1, -0.05) is 12.1 Å². The second kappa shape index (κ2) is 5.92. The Balaban J connectivity index is 2.29. The number of nitriles is 1. The lowest BCUT2D eigenvalue weighted by atomic mass is 10.1. The number of amides is 1. The first-order valence-corrected chi connectivity index (χ1v) is 6.04. The molecule has 0 saturated carbocycles. The number of anilines is 1. The van der Waals surface area contributed by atoms with E-state index in [0.29, 0.717) is 5.75 Å². The molecule has 4 N–H and O–H groups in total. The standard InChI is InChI=1S/C15H12FN3O2/c16-12-8-13(18)11(15(19)20)7-14(12)21-10-3-1-9(2-4-10)5-6-17/h1-4,7-8H,5,18H2,(H2,19,20). The van der Waals surface area contributed by atoms with Crippen LogP contribution < -0.4 is 16.2 Å². The molecule has 0 aliphatic carbocycles. The summed E-state index contributed by atoms with van der Waals surface area (Å²) in [6, 6.07) is 10.8. The van der Waals surface area contributed by atoms with Gasteiger partial charge in [0.2, 0.25) is 0 Å². The zero-order chi connectivity index (χ0) is 15.4. The number of nitrogens with two attached hydrogens (primary N) is 2. The summed E-state index contributed by atoms with van der Waals surface area (Å²) in [5.74, 6) is -1.23. The number of hydrogen-bond donors (Lipinski definition) is 2. The number of halogens is 1. The smallest absolute Gasteiger partial charge is 0.250 e. The van der Waals surface area contributed by atoms with Crippen molar-refractivity contribution in [3.8, 4) is 17.6 Å². The van der Waals surface area contributed by atoms with E-state index in [2.05, 4.69) is 0 Å². The fourth-order valence-corrected chi connectivity index (χ4v) is 1.75. The maximum atomic E-state index is 13.8. The molecule has 1 amide bonds. The summed E-state index contributed by atoms with van der Waals surface area (Å²) in [5.41, 5.74) is 11.4. The van der Waals surface area contributed by atoms with Gasteiger partial charge in [-0.3, -0.25) is 4.79 Å². The van der Waals surface area contributed by atoms with Crippen LogP contribution in [0.5, 0.6) is 11.5 Å². The molecule has 106 valence electrons. The minimum absolute atomic E-state index is 0.00694. The van der Waals surface area contributed by atoms with E-state index in [0.717, 1.165) is 17.7 Å². The minimum Gasteiger partial charge on any atom is -0.454 e. The van der Waals surface area contributed by atoms with Gasteiger partial charge in [0, 0.05) is 11.8 Å². The maximum Gasteiger partial charge on any atom is 0.250 e. The van der Waals surface area contributed by atoms with E-state index in [1.807, 2.05) is 6.07 Å². The molecule has 2 rings (SSSR count). The molecule has 0 aliphatic heterocycles. The van der Waals surface area contributed by atoms with Crippen molar-refractivity contribution >= 4 is 11.6 Å². The quantitative estimate of drug-likeness (QED) is 0.842. The lowest BCUT2D eigenvalue weighted by Gasteiger charge is -2.10. The molecular formula is C15H12FN3O2. The summed E-state index contributed by atoms with van der Waals surface area (Å²) in [6.45, 7) is 0. The van der Waals surface area contributed by atoms with Crippen molar-refractivity contribution in [2.75, 3.05) is 5.73 Å². The van der Waals surface area contributed by atoms with Gasteiger partial charge in [-0.15, -0.1) is 0 Å². The van der Waals surface area contributed by atoms with Gasteiger partial charge >= 0.3 is 0 Å². The third kappa shape index (κ3) is 3.28. The summed E-state index contributed by atoms with van der Waals surface area (Å²) in [5, 5.41) is 8.58. The predicted molar refractivity (Wildman–Crippen MR) is 75.2 cm³/mol. The summed E-state index contributed by atoms with van der Waals surface area (Å²) < 4.78 is 19.1. The van der Waals surface area contributed by atoms with Crippen molar-refractivity contribution < 1.29 is 13.9 Å². The molecule has 0 radical (unpaired) electrons. The van der Waals surface area contributed by atoms with Crippen molar-refractivity contribution in [1.29, 1.82) is 5.26 Å². The normalized spacial score (nSPS) is 9.90. The number of rotatable bonds is 4. The van der Waals surface area contributed by atoms with E-state index in [-0.39, 0.29) is 23.4 Å². The average Bonchev–Trinajstić information content (AvgIpc) is 2.43. The Bertz CT molecular complexity index is 721. The van der Waals surface area contributed by atoms with Crippen molar-refractivity contribution in [2.45, 2.75) is 6.42 Å². The van der Waals surface area contributed by atoms with Crippen LogP contribution in [0.1, 0.15) is 15.9 Å². The first-order valence-electron chi connectivity index (χ1n) is 6.04. The Morgan fingerprint density at radius 3 is 2.52 bits per heavy atom. The van der Waals surface area contributed by atoms with Gasteiger partial charge in [0.25, 0.3) is 5.91 Å². The van der Waals surface area contributed by atoms with Crippen LogP contribution in [0.3, 0.4) is 0 Å². The highest BCUT2D eigenvalue weighted by atomic mass is 19.1. The van der Waals surface area contributed by atoms with Crippen LogP contribution in [0.25, 0.3) is 0 Å². The average molecular weight is 285 g/mol.